The molecule has 18 heavy (non-hydrogen) atoms. The average Bonchev–Trinajstić information content (AvgIpc) is 2.37. The quantitative estimate of drug-likeness (QED) is 0.603. The molecule has 4 heteroatoms. The summed E-state index contributed by atoms with van der Waals surface area (Å²) in [5, 5.41) is 0. The van der Waals surface area contributed by atoms with E-state index in [1.165, 1.54) is 6.07 Å². The van der Waals surface area contributed by atoms with Crippen molar-refractivity contribution in [2.24, 2.45) is 4.99 Å². The number of rotatable bonds is 4. The number of carbonyl (C=O) groups excluding carboxylic acids is 1. The van der Waals surface area contributed by atoms with Crippen LogP contribution in [0, 0.1) is 5.82 Å². The molecule has 96 valence electrons. The number of Topliss-reactive ketones (excluding diaryl/α,β-unsaturated/α-hetero) is 1. The minimum atomic E-state index is -0.342. The second kappa shape index (κ2) is 6.59. The molecule has 1 aromatic rings. The number of ketones is 1. The van der Waals surface area contributed by atoms with Gasteiger partial charge in [0.25, 0.3) is 0 Å². The third-order valence-corrected chi connectivity index (χ3v) is 3.15. The molecule has 0 radical (unpaired) electrons. The summed E-state index contributed by atoms with van der Waals surface area (Å²) in [7, 11) is 0. The van der Waals surface area contributed by atoms with Gasteiger partial charge in [0, 0.05) is 12.1 Å². The number of nitrogens with zero attached hydrogens (tertiary/aromatic N) is 1. The molecule has 0 aliphatic heterocycles. The van der Waals surface area contributed by atoms with Crippen molar-refractivity contribution >= 4 is 27.4 Å². The van der Waals surface area contributed by atoms with Crippen molar-refractivity contribution in [3.8, 4) is 0 Å². The maximum absolute atomic E-state index is 13.4. The molecule has 0 fully saturated rings. The van der Waals surface area contributed by atoms with Gasteiger partial charge in [0.05, 0.1) is 4.47 Å². The highest BCUT2D eigenvalue weighted by atomic mass is 79.9. The normalized spacial score (nSPS) is 12.7. The van der Waals surface area contributed by atoms with Gasteiger partial charge in [-0.25, -0.2) is 9.38 Å². The van der Waals surface area contributed by atoms with Crippen molar-refractivity contribution in [3.05, 3.63) is 45.8 Å². The molecule has 0 heterocycles. The van der Waals surface area contributed by atoms with Crippen LogP contribution in [0.15, 0.2) is 39.4 Å². The first-order valence-electron chi connectivity index (χ1n) is 5.69. The molecule has 0 saturated heterocycles. The summed E-state index contributed by atoms with van der Waals surface area (Å²) in [5.41, 5.74) is 1.70. The number of aliphatic imine (C=N–C) groups is 1. The molecular weight excluding hydrogens is 297 g/mol. The molecule has 0 amide bonds. The van der Waals surface area contributed by atoms with Gasteiger partial charge in [-0.3, -0.25) is 4.79 Å². The van der Waals surface area contributed by atoms with Crippen LogP contribution in [0.4, 0.5) is 4.39 Å². The van der Waals surface area contributed by atoms with Crippen LogP contribution in [0.1, 0.15) is 32.8 Å². The summed E-state index contributed by atoms with van der Waals surface area (Å²) in [6.45, 7) is 5.31. The zero-order valence-corrected chi connectivity index (χ0v) is 12.2. The molecule has 0 bridgehead atoms. The second-order valence-electron chi connectivity index (χ2n) is 3.78. The van der Waals surface area contributed by atoms with Gasteiger partial charge in [-0.05, 0) is 47.5 Å². The smallest absolute Gasteiger partial charge is 0.180 e. The van der Waals surface area contributed by atoms with Crippen molar-refractivity contribution in [1.29, 1.82) is 0 Å². The highest BCUT2D eigenvalue weighted by molar-refractivity contribution is 9.10. The molecule has 0 unspecified atom stereocenters. The number of halogens is 2. The van der Waals surface area contributed by atoms with E-state index in [0.717, 1.165) is 0 Å². The number of hydrogen-bond donors (Lipinski definition) is 0. The zero-order valence-electron chi connectivity index (χ0n) is 10.6. The van der Waals surface area contributed by atoms with Crippen LogP contribution < -0.4 is 0 Å². The summed E-state index contributed by atoms with van der Waals surface area (Å²) in [6.07, 6.45) is 2.08. The summed E-state index contributed by atoms with van der Waals surface area (Å²) in [5.74, 6) is -0.361. The largest absolute Gasteiger partial charge is 0.292 e. The third-order valence-electron chi connectivity index (χ3n) is 2.51. The number of benzene rings is 1. The molecule has 0 atom stereocenters. The molecule has 0 saturated carbocycles. The van der Waals surface area contributed by atoms with E-state index in [0.29, 0.717) is 27.9 Å². The van der Waals surface area contributed by atoms with E-state index in [9.17, 15) is 9.18 Å². The maximum atomic E-state index is 13.4. The fourth-order valence-corrected chi connectivity index (χ4v) is 1.68. The number of carbonyl (C=O) groups is 1. The first-order valence-corrected chi connectivity index (χ1v) is 6.49. The molecule has 1 rings (SSSR count). The molecule has 0 aliphatic rings. The fraction of sp³-hybridized carbons (Fsp3) is 0.286. The highest BCUT2D eigenvalue weighted by Gasteiger charge is 2.07. The van der Waals surface area contributed by atoms with Crippen molar-refractivity contribution in [2.75, 3.05) is 0 Å². The van der Waals surface area contributed by atoms with Crippen LogP contribution >= 0.6 is 15.9 Å². The first-order chi connectivity index (χ1) is 8.49. The standard InChI is InChI=1S/C14H15BrFNO/c1-4-13(14(18)5-2)17-9(3)10-6-7-11(15)12(16)8-10/h4,6-8H,5H2,1-3H3/b13-4-,17-9?. The van der Waals surface area contributed by atoms with Crippen LogP contribution in [-0.4, -0.2) is 11.5 Å². The van der Waals surface area contributed by atoms with Crippen LogP contribution in [0.3, 0.4) is 0 Å². The van der Waals surface area contributed by atoms with E-state index < -0.39 is 0 Å². The molecular formula is C14H15BrFNO. The summed E-state index contributed by atoms with van der Waals surface area (Å²) >= 11 is 3.10. The molecule has 1 aromatic carbocycles. The monoisotopic (exact) mass is 311 g/mol. The van der Waals surface area contributed by atoms with E-state index in [-0.39, 0.29) is 11.6 Å². The van der Waals surface area contributed by atoms with Crippen LogP contribution in [0.5, 0.6) is 0 Å². The minimum Gasteiger partial charge on any atom is -0.292 e. The van der Waals surface area contributed by atoms with Crippen LogP contribution in [-0.2, 0) is 4.79 Å². The Morgan fingerprint density at radius 3 is 2.67 bits per heavy atom. The SMILES string of the molecule is C/C=C(\N=C(C)c1ccc(Br)c(F)c1)C(=O)CC. The Morgan fingerprint density at radius 1 is 1.50 bits per heavy atom. The summed E-state index contributed by atoms with van der Waals surface area (Å²) < 4.78 is 13.8. The van der Waals surface area contributed by atoms with Gasteiger partial charge in [0.1, 0.15) is 11.5 Å². The Kier molecular flexibility index (Phi) is 5.41. The summed E-state index contributed by atoms with van der Waals surface area (Å²) in [4.78, 5) is 15.8. The van der Waals surface area contributed by atoms with Gasteiger partial charge in [-0.1, -0.05) is 19.1 Å². The van der Waals surface area contributed by atoms with E-state index >= 15 is 0 Å². The molecule has 0 spiro atoms. The van der Waals surface area contributed by atoms with E-state index in [1.54, 1.807) is 39.0 Å². The minimum absolute atomic E-state index is 0.0190. The van der Waals surface area contributed by atoms with Crippen molar-refractivity contribution in [3.63, 3.8) is 0 Å². The van der Waals surface area contributed by atoms with E-state index in [4.69, 9.17) is 0 Å². The maximum Gasteiger partial charge on any atom is 0.180 e. The fourth-order valence-electron chi connectivity index (χ4n) is 1.44. The van der Waals surface area contributed by atoms with Crippen molar-refractivity contribution in [1.82, 2.24) is 0 Å². The third kappa shape index (κ3) is 3.60. The van der Waals surface area contributed by atoms with Crippen molar-refractivity contribution < 1.29 is 9.18 Å². The lowest BCUT2D eigenvalue weighted by Crippen LogP contribution is -2.03. The molecule has 2 nitrogen and oxygen atoms in total. The van der Waals surface area contributed by atoms with Gasteiger partial charge in [-0.2, -0.15) is 0 Å². The van der Waals surface area contributed by atoms with E-state index in [1.807, 2.05) is 0 Å². The number of allylic oxidation sites excluding steroid dienone is 2. The molecule has 0 aliphatic carbocycles. The van der Waals surface area contributed by atoms with Crippen molar-refractivity contribution in [2.45, 2.75) is 27.2 Å². The van der Waals surface area contributed by atoms with Crippen LogP contribution in [0.2, 0.25) is 0 Å². The second-order valence-corrected chi connectivity index (χ2v) is 4.63. The Balaban J connectivity index is 3.09. The van der Waals surface area contributed by atoms with Gasteiger partial charge < -0.3 is 0 Å². The predicted molar refractivity (Wildman–Crippen MR) is 75.4 cm³/mol. The van der Waals surface area contributed by atoms with Gasteiger partial charge in [0.2, 0.25) is 0 Å². The Labute approximate surface area is 115 Å². The van der Waals surface area contributed by atoms with Gasteiger partial charge in [0.15, 0.2) is 5.78 Å². The average molecular weight is 312 g/mol. The Bertz CT molecular complexity index is 521. The van der Waals surface area contributed by atoms with Crippen LogP contribution in [0.25, 0.3) is 0 Å². The number of hydrogen-bond acceptors (Lipinski definition) is 2. The van der Waals surface area contributed by atoms with Gasteiger partial charge in [-0.15, -0.1) is 0 Å². The zero-order chi connectivity index (χ0) is 13.7. The van der Waals surface area contributed by atoms with Gasteiger partial charge >= 0.3 is 0 Å². The lowest BCUT2D eigenvalue weighted by Gasteiger charge is -2.04. The Morgan fingerprint density at radius 2 is 2.17 bits per heavy atom. The topological polar surface area (TPSA) is 29.4 Å². The highest BCUT2D eigenvalue weighted by Crippen LogP contribution is 2.17. The lowest BCUT2D eigenvalue weighted by molar-refractivity contribution is -0.115. The predicted octanol–water partition coefficient (Wildman–Crippen LogP) is 4.28. The Hall–Kier alpha value is -1.29. The molecule has 0 N–H and O–H groups in total. The first kappa shape index (κ1) is 14.8. The molecule has 0 aromatic heterocycles. The van der Waals surface area contributed by atoms with E-state index in [2.05, 4.69) is 20.9 Å². The lowest BCUT2D eigenvalue weighted by atomic mass is 10.1. The summed E-state index contributed by atoms with van der Waals surface area (Å²) in [6, 6.07) is 4.78.